The average molecular weight is 311 g/mol. The third-order valence-electron chi connectivity index (χ3n) is 3.43. The molecule has 1 aromatic heterocycles. The van der Waals surface area contributed by atoms with Crippen LogP contribution >= 0.6 is 11.3 Å². The fourth-order valence-electron chi connectivity index (χ4n) is 2.43. The molecule has 0 saturated carbocycles. The maximum atomic E-state index is 12.3. The van der Waals surface area contributed by atoms with Crippen LogP contribution in [0.2, 0.25) is 0 Å². The SMILES string of the molecule is CC(C)OC(=O)c1c(-c2ccc3ccccc3c2)csc1N. The second-order valence-electron chi connectivity index (χ2n) is 5.40. The Morgan fingerprint density at radius 1 is 1.14 bits per heavy atom. The molecule has 0 unspecified atom stereocenters. The molecular formula is C18H17NO2S. The number of fused-ring (bicyclic) bond motifs is 1. The maximum absolute atomic E-state index is 12.3. The Kier molecular flexibility index (Phi) is 3.86. The van der Waals surface area contributed by atoms with Crippen molar-refractivity contribution in [2.24, 2.45) is 0 Å². The van der Waals surface area contributed by atoms with E-state index >= 15 is 0 Å². The Labute approximate surface area is 133 Å². The van der Waals surface area contributed by atoms with Gasteiger partial charge in [0.25, 0.3) is 0 Å². The summed E-state index contributed by atoms with van der Waals surface area (Å²) in [5.41, 5.74) is 8.26. The predicted octanol–water partition coefficient (Wildman–Crippen LogP) is 4.72. The van der Waals surface area contributed by atoms with Crippen LogP contribution in [0, 0.1) is 0 Å². The van der Waals surface area contributed by atoms with Gasteiger partial charge in [0.1, 0.15) is 10.6 Å². The molecule has 22 heavy (non-hydrogen) atoms. The zero-order valence-corrected chi connectivity index (χ0v) is 13.3. The topological polar surface area (TPSA) is 52.3 Å². The normalized spacial score (nSPS) is 11.0. The first-order chi connectivity index (χ1) is 10.6. The van der Waals surface area contributed by atoms with Crippen LogP contribution in [0.25, 0.3) is 21.9 Å². The number of rotatable bonds is 3. The van der Waals surface area contributed by atoms with Crippen molar-refractivity contribution < 1.29 is 9.53 Å². The zero-order valence-electron chi connectivity index (χ0n) is 12.5. The third-order valence-corrected chi connectivity index (χ3v) is 4.24. The van der Waals surface area contributed by atoms with Crippen molar-refractivity contribution in [1.82, 2.24) is 0 Å². The van der Waals surface area contributed by atoms with E-state index in [2.05, 4.69) is 24.3 Å². The minimum absolute atomic E-state index is 0.170. The molecule has 3 aromatic rings. The first-order valence-corrected chi connectivity index (χ1v) is 8.01. The number of anilines is 1. The average Bonchev–Trinajstić information content (AvgIpc) is 2.88. The van der Waals surface area contributed by atoms with Gasteiger partial charge in [-0.25, -0.2) is 4.79 Å². The molecule has 0 aliphatic carbocycles. The van der Waals surface area contributed by atoms with Gasteiger partial charge in [-0.3, -0.25) is 0 Å². The molecule has 0 aliphatic heterocycles. The van der Waals surface area contributed by atoms with E-state index in [0.717, 1.165) is 16.5 Å². The number of esters is 1. The number of ether oxygens (including phenoxy) is 1. The standard InChI is InChI=1S/C18H17NO2S/c1-11(2)21-18(20)16-15(10-22-17(16)19)14-8-7-12-5-3-4-6-13(12)9-14/h3-11H,19H2,1-2H3. The minimum Gasteiger partial charge on any atom is -0.459 e. The molecule has 2 N–H and O–H groups in total. The van der Waals surface area contributed by atoms with Gasteiger partial charge in [0.2, 0.25) is 0 Å². The van der Waals surface area contributed by atoms with Crippen LogP contribution in [-0.2, 0) is 4.74 Å². The van der Waals surface area contributed by atoms with Crippen molar-refractivity contribution >= 4 is 33.1 Å². The van der Waals surface area contributed by atoms with Gasteiger partial charge in [0, 0.05) is 10.9 Å². The highest BCUT2D eigenvalue weighted by Gasteiger charge is 2.21. The summed E-state index contributed by atoms with van der Waals surface area (Å²) in [4.78, 5) is 12.3. The van der Waals surface area contributed by atoms with Gasteiger partial charge in [0.15, 0.2) is 0 Å². The van der Waals surface area contributed by atoms with Crippen molar-refractivity contribution in [3.8, 4) is 11.1 Å². The lowest BCUT2D eigenvalue weighted by Crippen LogP contribution is -2.13. The van der Waals surface area contributed by atoms with Gasteiger partial charge in [-0.05, 0) is 36.2 Å². The van der Waals surface area contributed by atoms with Gasteiger partial charge in [-0.1, -0.05) is 36.4 Å². The Morgan fingerprint density at radius 2 is 1.86 bits per heavy atom. The number of nitrogen functional groups attached to an aromatic ring is 1. The lowest BCUT2D eigenvalue weighted by Gasteiger charge is -2.10. The van der Waals surface area contributed by atoms with Crippen molar-refractivity contribution in [2.45, 2.75) is 20.0 Å². The van der Waals surface area contributed by atoms with Crippen LogP contribution in [0.5, 0.6) is 0 Å². The molecule has 0 saturated heterocycles. The van der Waals surface area contributed by atoms with Crippen molar-refractivity contribution in [1.29, 1.82) is 0 Å². The highest BCUT2D eigenvalue weighted by Crippen LogP contribution is 2.35. The van der Waals surface area contributed by atoms with Gasteiger partial charge in [0.05, 0.1) is 6.10 Å². The number of carbonyl (C=O) groups excluding carboxylic acids is 1. The molecule has 0 radical (unpaired) electrons. The Balaban J connectivity index is 2.09. The zero-order chi connectivity index (χ0) is 15.7. The van der Waals surface area contributed by atoms with Crippen molar-refractivity contribution in [3.63, 3.8) is 0 Å². The van der Waals surface area contributed by atoms with E-state index < -0.39 is 0 Å². The van der Waals surface area contributed by atoms with Gasteiger partial charge in [-0.15, -0.1) is 11.3 Å². The van der Waals surface area contributed by atoms with Crippen molar-refractivity contribution in [3.05, 3.63) is 53.4 Å². The van der Waals surface area contributed by atoms with Crippen LogP contribution < -0.4 is 5.73 Å². The van der Waals surface area contributed by atoms with E-state index in [0.29, 0.717) is 10.6 Å². The fraction of sp³-hybridized carbons (Fsp3) is 0.167. The summed E-state index contributed by atoms with van der Waals surface area (Å²) in [6.07, 6.45) is -0.170. The summed E-state index contributed by atoms with van der Waals surface area (Å²) in [6.45, 7) is 3.66. The lowest BCUT2D eigenvalue weighted by atomic mass is 10.0. The number of benzene rings is 2. The number of thiophene rings is 1. The van der Waals surface area contributed by atoms with Crippen LogP contribution in [0.15, 0.2) is 47.8 Å². The summed E-state index contributed by atoms with van der Waals surface area (Å²) in [5.74, 6) is -0.364. The number of hydrogen-bond acceptors (Lipinski definition) is 4. The van der Waals surface area contributed by atoms with Crippen LogP contribution in [0.4, 0.5) is 5.00 Å². The van der Waals surface area contributed by atoms with E-state index in [9.17, 15) is 4.79 Å². The summed E-state index contributed by atoms with van der Waals surface area (Å²) < 4.78 is 5.31. The van der Waals surface area contributed by atoms with E-state index in [1.54, 1.807) is 0 Å². The molecule has 112 valence electrons. The fourth-order valence-corrected chi connectivity index (χ4v) is 3.24. The number of hydrogen-bond donors (Lipinski definition) is 1. The highest BCUT2D eigenvalue weighted by molar-refractivity contribution is 7.15. The quantitative estimate of drug-likeness (QED) is 0.712. The maximum Gasteiger partial charge on any atom is 0.342 e. The van der Waals surface area contributed by atoms with E-state index in [1.807, 2.05) is 37.4 Å². The van der Waals surface area contributed by atoms with Crippen LogP contribution in [0.1, 0.15) is 24.2 Å². The molecule has 0 spiro atoms. The Bertz CT molecular complexity index is 836. The molecular weight excluding hydrogens is 294 g/mol. The summed E-state index contributed by atoms with van der Waals surface area (Å²) in [7, 11) is 0. The van der Waals surface area contributed by atoms with Crippen LogP contribution in [0.3, 0.4) is 0 Å². The second-order valence-corrected chi connectivity index (χ2v) is 6.32. The second kappa shape index (κ2) is 5.81. The molecule has 1 heterocycles. The van der Waals surface area contributed by atoms with Gasteiger partial charge >= 0.3 is 5.97 Å². The van der Waals surface area contributed by atoms with E-state index in [-0.39, 0.29) is 12.1 Å². The van der Waals surface area contributed by atoms with E-state index in [4.69, 9.17) is 10.5 Å². The van der Waals surface area contributed by atoms with Gasteiger partial charge in [-0.2, -0.15) is 0 Å². The molecule has 0 bridgehead atoms. The molecule has 0 fully saturated rings. The first-order valence-electron chi connectivity index (χ1n) is 7.13. The molecule has 3 rings (SSSR count). The highest BCUT2D eigenvalue weighted by atomic mass is 32.1. The largest absolute Gasteiger partial charge is 0.459 e. The Morgan fingerprint density at radius 3 is 2.59 bits per heavy atom. The molecule has 2 aromatic carbocycles. The molecule has 0 atom stereocenters. The summed E-state index contributed by atoms with van der Waals surface area (Å²) in [5, 5.41) is 4.71. The third kappa shape index (κ3) is 2.70. The minimum atomic E-state index is -0.364. The molecule has 4 heteroatoms. The van der Waals surface area contributed by atoms with Gasteiger partial charge < -0.3 is 10.5 Å². The molecule has 0 aliphatic rings. The lowest BCUT2D eigenvalue weighted by molar-refractivity contribution is 0.0380. The number of nitrogens with two attached hydrogens (primary N) is 1. The molecule has 3 nitrogen and oxygen atoms in total. The Hall–Kier alpha value is -2.33. The smallest absolute Gasteiger partial charge is 0.342 e. The summed E-state index contributed by atoms with van der Waals surface area (Å²) >= 11 is 1.36. The monoisotopic (exact) mass is 311 g/mol. The predicted molar refractivity (Wildman–Crippen MR) is 92.2 cm³/mol. The van der Waals surface area contributed by atoms with Crippen molar-refractivity contribution in [2.75, 3.05) is 5.73 Å². The first kappa shape index (κ1) is 14.6. The molecule has 0 amide bonds. The number of carbonyl (C=O) groups is 1. The van der Waals surface area contributed by atoms with E-state index in [1.165, 1.54) is 16.7 Å². The van der Waals surface area contributed by atoms with Crippen LogP contribution in [-0.4, -0.2) is 12.1 Å². The summed E-state index contributed by atoms with van der Waals surface area (Å²) in [6, 6.07) is 14.3.